The fraction of sp³-hybridized carbons (Fsp3) is 0.100. The van der Waals surface area contributed by atoms with Crippen LogP contribution >= 0.6 is 23.4 Å². The van der Waals surface area contributed by atoms with Gasteiger partial charge in [-0.25, -0.2) is 0 Å². The van der Waals surface area contributed by atoms with Gasteiger partial charge in [-0.2, -0.15) is 0 Å². The van der Waals surface area contributed by atoms with E-state index in [2.05, 4.69) is 10.2 Å². The SMILES string of the molecule is Cn1cnnc1Sc1ccc(C=O)c(Cl)c1. The topological polar surface area (TPSA) is 47.8 Å². The van der Waals surface area contributed by atoms with Crippen LogP contribution in [-0.4, -0.2) is 21.1 Å². The quantitative estimate of drug-likeness (QED) is 0.789. The third-order valence-corrected chi connectivity index (χ3v) is 3.35. The van der Waals surface area contributed by atoms with Gasteiger partial charge in [0.2, 0.25) is 0 Å². The van der Waals surface area contributed by atoms with Gasteiger partial charge in [-0.1, -0.05) is 11.6 Å². The minimum Gasteiger partial charge on any atom is -0.311 e. The average molecular weight is 254 g/mol. The highest BCUT2D eigenvalue weighted by molar-refractivity contribution is 7.99. The lowest BCUT2D eigenvalue weighted by Gasteiger charge is -2.02. The van der Waals surface area contributed by atoms with Gasteiger partial charge in [0.05, 0.1) is 5.02 Å². The van der Waals surface area contributed by atoms with E-state index in [-0.39, 0.29) is 0 Å². The van der Waals surface area contributed by atoms with Gasteiger partial charge in [0.15, 0.2) is 11.4 Å². The van der Waals surface area contributed by atoms with Crippen molar-refractivity contribution < 1.29 is 4.79 Å². The summed E-state index contributed by atoms with van der Waals surface area (Å²) in [6.07, 6.45) is 2.36. The third kappa shape index (κ3) is 2.25. The first-order chi connectivity index (χ1) is 7.70. The first-order valence-electron chi connectivity index (χ1n) is 4.47. The highest BCUT2D eigenvalue weighted by Gasteiger charge is 2.06. The molecule has 2 aromatic rings. The average Bonchev–Trinajstić information content (AvgIpc) is 2.65. The van der Waals surface area contributed by atoms with Crippen LogP contribution in [0.3, 0.4) is 0 Å². The van der Waals surface area contributed by atoms with Gasteiger partial charge in [-0.05, 0) is 30.0 Å². The molecule has 1 heterocycles. The fourth-order valence-corrected chi connectivity index (χ4v) is 2.23. The zero-order valence-electron chi connectivity index (χ0n) is 8.42. The lowest BCUT2D eigenvalue weighted by Crippen LogP contribution is -1.89. The molecule has 82 valence electrons. The molecule has 0 atom stereocenters. The van der Waals surface area contributed by atoms with Crippen molar-refractivity contribution in [3.05, 3.63) is 35.1 Å². The van der Waals surface area contributed by atoms with Crippen molar-refractivity contribution in [3.8, 4) is 0 Å². The van der Waals surface area contributed by atoms with E-state index in [0.717, 1.165) is 16.3 Å². The van der Waals surface area contributed by atoms with Crippen LogP contribution in [0, 0.1) is 0 Å². The van der Waals surface area contributed by atoms with Gasteiger partial charge < -0.3 is 4.57 Å². The van der Waals surface area contributed by atoms with E-state index >= 15 is 0 Å². The summed E-state index contributed by atoms with van der Waals surface area (Å²) in [5.74, 6) is 0. The van der Waals surface area contributed by atoms with E-state index in [4.69, 9.17) is 11.6 Å². The molecule has 6 heteroatoms. The van der Waals surface area contributed by atoms with E-state index in [1.54, 1.807) is 18.5 Å². The van der Waals surface area contributed by atoms with Gasteiger partial charge in [0.1, 0.15) is 6.33 Å². The standard InChI is InChI=1S/C10H8ClN3OS/c1-14-6-12-13-10(14)16-8-3-2-7(5-15)9(11)4-8/h2-6H,1H3. The van der Waals surface area contributed by atoms with Crippen LogP contribution in [0.2, 0.25) is 5.02 Å². The zero-order valence-corrected chi connectivity index (χ0v) is 10.00. The third-order valence-electron chi connectivity index (χ3n) is 1.98. The molecule has 0 saturated heterocycles. The second kappa shape index (κ2) is 4.67. The number of carbonyl (C=O) groups is 1. The molecule has 0 unspecified atom stereocenters. The summed E-state index contributed by atoms with van der Waals surface area (Å²) in [5, 5.41) is 8.94. The fourth-order valence-electron chi connectivity index (χ4n) is 1.14. The Hall–Kier alpha value is -1.33. The highest BCUT2D eigenvalue weighted by Crippen LogP contribution is 2.28. The number of hydrogen-bond acceptors (Lipinski definition) is 4. The molecule has 16 heavy (non-hydrogen) atoms. The summed E-state index contributed by atoms with van der Waals surface area (Å²) in [7, 11) is 1.86. The number of aldehydes is 1. The maximum Gasteiger partial charge on any atom is 0.195 e. The molecule has 0 aliphatic rings. The first kappa shape index (κ1) is 11.2. The molecule has 0 aliphatic heterocycles. The van der Waals surface area contributed by atoms with Crippen molar-refractivity contribution in [1.82, 2.24) is 14.8 Å². The molecule has 0 spiro atoms. The van der Waals surface area contributed by atoms with Gasteiger partial charge in [-0.15, -0.1) is 10.2 Å². The Morgan fingerprint density at radius 3 is 2.88 bits per heavy atom. The normalized spacial score (nSPS) is 10.4. The van der Waals surface area contributed by atoms with Crippen molar-refractivity contribution in [2.45, 2.75) is 10.1 Å². The second-order valence-electron chi connectivity index (χ2n) is 3.13. The van der Waals surface area contributed by atoms with E-state index in [0.29, 0.717) is 10.6 Å². The lowest BCUT2D eigenvalue weighted by atomic mass is 10.2. The Bertz CT molecular complexity index is 527. The van der Waals surface area contributed by atoms with Crippen molar-refractivity contribution >= 4 is 29.6 Å². The minimum absolute atomic E-state index is 0.446. The van der Waals surface area contributed by atoms with E-state index in [1.807, 2.05) is 17.7 Å². The molecule has 1 aromatic carbocycles. The minimum atomic E-state index is 0.446. The van der Waals surface area contributed by atoms with Crippen LogP contribution in [0.1, 0.15) is 10.4 Å². The smallest absolute Gasteiger partial charge is 0.195 e. The maximum absolute atomic E-state index is 10.6. The number of halogens is 1. The summed E-state index contributed by atoms with van der Waals surface area (Å²) >= 11 is 7.37. The molecule has 0 fully saturated rings. The predicted molar refractivity (Wildman–Crippen MR) is 62.0 cm³/mol. The predicted octanol–water partition coefficient (Wildman–Crippen LogP) is 2.43. The molecular formula is C10H8ClN3OS. The first-order valence-corrected chi connectivity index (χ1v) is 5.66. The van der Waals surface area contributed by atoms with Crippen LogP contribution in [0.4, 0.5) is 0 Å². The van der Waals surface area contributed by atoms with E-state index in [1.165, 1.54) is 11.8 Å². The van der Waals surface area contributed by atoms with E-state index in [9.17, 15) is 4.79 Å². The Labute approximate surface area is 102 Å². The number of carbonyl (C=O) groups excluding carboxylic acids is 1. The van der Waals surface area contributed by atoms with Gasteiger partial charge in [0.25, 0.3) is 0 Å². The number of rotatable bonds is 3. The van der Waals surface area contributed by atoms with Gasteiger partial charge in [0, 0.05) is 17.5 Å². The van der Waals surface area contributed by atoms with E-state index < -0.39 is 0 Å². The molecule has 1 aromatic heterocycles. The Morgan fingerprint density at radius 1 is 1.50 bits per heavy atom. The molecule has 0 aliphatic carbocycles. The Morgan fingerprint density at radius 2 is 2.31 bits per heavy atom. The Kier molecular flexibility index (Phi) is 3.26. The summed E-state index contributed by atoms with van der Waals surface area (Å²) in [6, 6.07) is 5.26. The monoisotopic (exact) mass is 253 g/mol. The number of aromatic nitrogens is 3. The summed E-state index contributed by atoms with van der Waals surface area (Å²) in [6.45, 7) is 0. The van der Waals surface area contributed by atoms with Crippen molar-refractivity contribution in [1.29, 1.82) is 0 Å². The van der Waals surface area contributed by atoms with Crippen LogP contribution < -0.4 is 0 Å². The molecule has 0 radical (unpaired) electrons. The maximum atomic E-state index is 10.6. The molecule has 0 bridgehead atoms. The number of aryl methyl sites for hydroxylation is 1. The molecule has 0 saturated carbocycles. The highest BCUT2D eigenvalue weighted by atomic mass is 35.5. The van der Waals surface area contributed by atoms with Crippen LogP contribution in [0.25, 0.3) is 0 Å². The molecule has 4 nitrogen and oxygen atoms in total. The van der Waals surface area contributed by atoms with Crippen LogP contribution in [-0.2, 0) is 7.05 Å². The zero-order chi connectivity index (χ0) is 11.5. The molecule has 0 amide bonds. The number of hydrogen-bond donors (Lipinski definition) is 0. The molecule has 0 N–H and O–H groups in total. The van der Waals surface area contributed by atoms with Crippen LogP contribution in [0.15, 0.2) is 34.6 Å². The van der Waals surface area contributed by atoms with Crippen molar-refractivity contribution in [2.24, 2.45) is 7.05 Å². The van der Waals surface area contributed by atoms with Gasteiger partial charge in [-0.3, -0.25) is 4.79 Å². The number of nitrogens with zero attached hydrogens (tertiary/aromatic N) is 3. The van der Waals surface area contributed by atoms with Crippen LogP contribution in [0.5, 0.6) is 0 Å². The summed E-state index contributed by atoms with van der Waals surface area (Å²) in [5.41, 5.74) is 0.490. The number of benzene rings is 1. The lowest BCUT2D eigenvalue weighted by molar-refractivity contribution is 0.112. The second-order valence-corrected chi connectivity index (χ2v) is 4.58. The van der Waals surface area contributed by atoms with Crippen molar-refractivity contribution in [3.63, 3.8) is 0 Å². The Balaban J connectivity index is 2.26. The van der Waals surface area contributed by atoms with Gasteiger partial charge >= 0.3 is 0 Å². The summed E-state index contributed by atoms with van der Waals surface area (Å²) < 4.78 is 1.81. The van der Waals surface area contributed by atoms with Crippen molar-refractivity contribution in [2.75, 3.05) is 0 Å². The summed E-state index contributed by atoms with van der Waals surface area (Å²) in [4.78, 5) is 11.5. The molecule has 2 rings (SSSR count). The largest absolute Gasteiger partial charge is 0.311 e. The molecular weight excluding hydrogens is 246 g/mol.